The third-order valence-electron chi connectivity index (χ3n) is 3.56. The number of rotatable bonds is 9. The Labute approximate surface area is 135 Å². The lowest BCUT2D eigenvalue weighted by molar-refractivity contribution is -0.128. The van der Waals surface area contributed by atoms with Crippen LogP contribution in [0.5, 0.6) is 0 Å². The molecular weight excluding hydrogens is 302 g/mol. The van der Waals surface area contributed by atoms with Crippen molar-refractivity contribution in [1.82, 2.24) is 5.32 Å². The summed E-state index contributed by atoms with van der Waals surface area (Å²) in [6.45, 7) is 3.37. The zero-order valence-corrected chi connectivity index (χ0v) is 13.4. The highest BCUT2D eigenvalue weighted by molar-refractivity contribution is 5.87. The predicted molar refractivity (Wildman–Crippen MR) is 85.3 cm³/mol. The number of hydrogen-bond acceptors (Lipinski definition) is 2. The first-order valence-corrected chi connectivity index (χ1v) is 7.62. The van der Waals surface area contributed by atoms with Crippen LogP contribution in [0.3, 0.4) is 0 Å². The summed E-state index contributed by atoms with van der Waals surface area (Å²) in [7, 11) is 0. The summed E-state index contributed by atoms with van der Waals surface area (Å²) in [6.07, 6.45) is 0.242. The molecule has 2 N–H and O–H groups in total. The lowest BCUT2D eigenvalue weighted by atomic mass is 9.96. The quantitative estimate of drug-likeness (QED) is 0.705. The van der Waals surface area contributed by atoms with E-state index in [1.165, 1.54) is 6.92 Å². The molecular formula is C17H23F2N2O2-. The summed E-state index contributed by atoms with van der Waals surface area (Å²) >= 11 is 0. The van der Waals surface area contributed by atoms with Gasteiger partial charge in [-0.05, 0) is 18.9 Å². The van der Waals surface area contributed by atoms with E-state index in [1.54, 1.807) is 30.3 Å². The molecule has 0 saturated carbocycles. The van der Waals surface area contributed by atoms with E-state index < -0.39 is 36.3 Å². The first-order valence-electron chi connectivity index (χ1n) is 7.62. The van der Waals surface area contributed by atoms with Gasteiger partial charge in [0.2, 0.25) is 5.91 Å². The number of nitrogens with one attached hydrogen (secondary N) is 2. The van der Waals surface area contributed by atoms with Crippen molar-refractivity contribution in [3.05, 3.63) is 41.6 Å². The molecule has 0 aliphatic heterocycles. The van der Waals surface area contributed by atoms with Crippen LogP contribution in [0.4, 0.5) is 8.78 Å². The van der Waals surface area contributed by atoms with Crippen molar-refractivity contribution < 1.29 is 18.4 Å². The Morgan fingerprint density at radius 3 is 2.48 bits per heavy atom. The van der Waals surface area contributed by atoms with Gasteiger partial charge in [0, 0.05) is 12.8 Å². The standard InChI is InChI=1S/C17H23F2N2O2/c1-3-9-16(2,12-22)21-15(23)14(20)11-17(18,19)10-13-7-5-4-6-8-13/h4-8,12,14,20H,3,9-11H2,1-2H3,(H,21,23)/q-1/t14-,16-/m0/s1. The van der Waals surface area contributed by atoms with Crippen LogP contribution in [-0.4, -0.2) is 29.7 Å². The van der Waals surface area contributed by atoms with Gasteiger partial charge in [0.1, 0.15) is 6.29 Å². The molecule has 0 heterocycles. The average molecular weight is 325 g/mol. The van der Waals surface area contributed by atoms with Crippen molar-refractivity contribution in [2.24, 2.45) is 0 Å². The molecule has 0 aromatic heterocycles. The smallest absolute Gasteiger partial charge is 0.251 e. The molecule has 1 aromatic carbocycles. The maximum absolute atomic E-state index is 14.0. The topological polar surface area (TPSA) is 70.0 Å². The molecule has 0 bridgehead atoms. The Morgan fingerprint density at radius 1 is 1.35 bits per heavy atom. The second-order valence-corrected chi connectivity index (χ2v) is 6.05. The van der Waals surface area contributed by atoms with E-state index >= 15 is 0 Å². The van der Waals surface area contributed by atoms with Crippen molar-refractivity contribution in [2.45, 2.75) is 57.0 Å². The van der Waals surface area contributed by atoms with E-state index in [0.29, 0.717) is 24.7 Å². The number of carbonyl (C=O) groups is 2. The summed E-state index contributed by atoms with van der Waals surface area (Å²) in [5.41, 5.74) is 7.02. The number of hydrogen-bond donors (Lipinski definition) is 1. The fourth-order valence-corrected chi connectivity index (χ4v) is 2.40. The number of alkyl halides is 2. The third-order valence-corrected chi connectivity index (χ3v) is 3.56. The molecule has 1 aromatic rings. The normalized spacial score (nSPS) is 15.5. The number of carbonyl (C=O) groups excluding carboxylic acids is 2. The maximum atomic E-state index is 14.0. The Morgan fingerprint density at radius 2 is 1.96 bits per heavy atom. The Bertz CT molecular complexity index is 523. The van der Waals surface area contributed by atoms with Crippen LogP contribution in [0, 0.1) is 0 Å². The second kappa shape index (κ2) is 8.15. The molecule has 6 heteroatoms. The van der Waals surface area contributed by atoms with Crippen LogP contribution < -0.4 is 5.32 Å². The molecule has 0 radical (unpaired) electrons. The van der Waals surface area contributed by atoms with Gasteiger partial charge in [0.25, 0.3) is 5.92 Å². The minimum Gasteiger partial charge on any atom is -0.667 e. The number of benzene rings is 1. The van der Waals surface area contributed by atoms with Gasteiger partial charge in [0.15, 0.2) is 0 Å². The van der Waals surface area contributed by atoms with E-state index in [2.05, 4.69) is 5.32 Å². The highest BCUT2D eigenvalue weighted by Crippen LogP contribution is 2.26. The Balaban J connectivity index is 2.64. The highest BCUT2D eigenvalue weighted by atomic mass is 19.3. The highest BCUT2D eigenvalue weighted by Gasteiger charge is 2.33. The molecule has 0 saturated heterocycles. The Hall–Kier alpha value is -1.82. The van der Waals surface area contributed by atoms with Gasteiger partial charge < -0.3 is 15.8 Å². The van der Waals surface area contributed by atoms with E-state index in [0.717, 1.165) is 0 Å². The van der Waals surface area contributed by atoms with Gasteiger partial charge in [-0.25, -0.2) is 8.78 Å². The van der Waals surface area contributed by atoms with Gasteiger partial charge in [-0.1, -0.05) is 49.7 Å². The molecule has 4 nitrogen and oxygen atoms in total. The molecule has 0 unspecified atom stereocenters. The van der Waals surface area contributed by atoms with Crippen LogP contribution >= 0.6 is 0 Å². The molecule has 0 aliphatic carbocycles. The fourth-order valence-electron chi connectivity index (χ4n) is 2.40. The summed E-state index contributed by atoms with van der Waals surface area (Å²) in [6, 6.07) is 6.60. The minimum absolute atomic E-state index is 0.398. The van der Waals surface area contributed by atoms with Gasteiger partial charge in [0.05, 0.1) is 5.54 Å². The zero-order chi connectivity index (χ0) is 17.5. The van der Waals surface area contributed by atoms with Gasteiger partial charge in [-0.3, -0.25) is 4.79 Å². The van der Waals surface area contributed by atoms with Crippen molar-refractivity contribution in [3.63, 3.8) is 0 Å². The lowest BCUT2D eigenvalue weighted by Gasteiger charge is -2.30. The van der Waals surface area contributed by atoms with E-state index in [-0.39, 0.29) is 0 Å². The van der Waals surface area contributed by atoms with Crippen LogP contribution in [0.25, 0.3) is 5.73 Å². The largest absolute Gasteiger partial charge is 0.667 e. The molecule has 0 spiro atoms. The summed E-state index contributed by atoms with van der Waals surface area (Å²) in [5.74, 6) is -4.01. The molecule has 23 heavy (non-hydrogen) atoms. The van der Waals surface area contributed by atoms with Gasteiger partial charge >= 0.3 is 0 Å². The number of aldehydes is 1. The number of halogens is 2. The predicted octanol–water partition coefficient (Wildman–Crippen LogP) is 3.55. The van der Waals surface area contributed by atoms with Crippen LogP contribution in [0.1, 0.15) is 38.7 Å². The van der Waals surface area contributed by atoms with Crippen LogP contribution in [0.2, 0.25) is 0 Å². The van der Waals surface area contributed by atoms with Crippen molar-refractivity contribution in [2.75, 3.05) is 0 Å². The fraction of sp³-hybridized carbons (Fsp3) is 0.529. The first kappa shape index (κ1) is 19.2. The molecule has 1 amide bonds. The van der Waals surface area contributed by atoms with Crippen molar-refractivity contribution >= 4 is 12.2 Å². The van der Waals surface area contributed by atoms with E-state index in [1.807, 2.05) is 6.92 Å². The molecule has 1 rings (SSSR count). The van der Waals surface area contributed by atoms with Crippen molar-refractivity contribution in [1.29, 1.82) is 0 Å². The summed E-state index contributed by atoms with van der Waals surface area (Å²) in [5, 5.41) is 2.40. The molecule has 128 valence electrons. The van der Waals surface area contributed by atoms with Crippen LogP contribution in [0.15, 0.2) is 30.3 Å². The summed E-state index contributed by atoms with van der Waals surface area (Å²) < 4.78 is 28.0. The second-order valence-electron chi connectivity index (χ2n) is 6.05. The monoisotopic (exact) mass is 325 g/mol. The van der Waals surface area contributed by atoms with Gasteiger partial charge in [-0.2, -0.15) is 0 Å². The van der Waals surface area contributed by atoms with E-state index in [4.69, 9.17) is 5.73 Å². The number of amides is 1. The average Bonchev–Trinajstić information content (AvgIpc) is 2.47. The van der Waals surface area contributed by atoms with Gasteiger partial charge in [-0.15, -0.1) is 0 Å². The third kappa shape index (κ3) is 6.44. The van der Waals surface area contributed by atoms with Crippen molar-refractivity contribution in [3.8, 4) is 0 Å². The molecule has 0 fully saturated rings. The first-order chi connectivity index (χ1) is 10.7. The molecule has 2 atom stereocenters. The van der Waals surface area contributed by atoms with E-state index in [9.17, 15) is 18.4 Å². The zero-order valence-electron chi connectivity index (χ0n) is 13.4. The Kier molecular flexibility index (Phi) is 6.81. The lowest BCUT2D eigenvalue weighted by Crippen LogP contribution is -2.51. The molecule has 0 aliphatic rings. The summed E-state index contributed by atoms with van der Waals surface area (Å²) in [4.78, 5) is 23.0. The maximum Gasteiger partial charge on any atom is 0.251 e. The SMILES string of the molecule is CCC[C@@](C)(C=O)NC(=O)[C@@H]([NH-])CC(F)(F)Cc1ccccc1. The minimum atomic E-state index is -3.16. The van der Waals surface area contributed by atoms with Crippen LogP contribution in [-0.2, 0) is 16.0 Å².